The molecule has 3 rings (SSSR count). The summed E-state index contributed by atoms with van der Waals surface area (Å²) in [6.07, 6.45) is 1.44. The molecule has 0 radical (unpaired) electrons. The largest absolute Gasteiger partial charge is 0.481 e. The Kier molecular flexibility index (Phi) is 5.33. The number of rotatable bonds is 5. The smallest absolute Gasteiger partial charge is 0.313 e. The monoisotopic (exact) mass is 434 g/mol. The van der Waals surface area contributed by atoms with Gasteiger partial charge in [0.05, 0.1) is 17.9 Å². The van der Waals surface area contributed by atoms with E-state index in [9.17, 15) is 34.5 Å². The maximum absolute atomic E-state index is 13.8. The van der Waals surface area contributed by atoms with Gasteiger partial charge in [0.15, 0.2) is 0 Å². The quantitative estimate of drug-likeness (QED) is 0.567. The first-order valence-electron chi connectivity index (χ1n) is 10.9. The summed E-state index contributed by atoms with van der Waals surface area (Å²) >= 11 is 0. The van der Waals surface area contributed by atoms with Crippen molar-refractivity contribution in [3.05, 3.63) is 11.6 Å². The summed E-state index contributed by atoms with van der Waals surface area (Å²) in [4.78, 5) is 50.1. The summed E-state index contributed by atoms with van der Waals surface area (Å²) in [7, 11) is 0. The lowest BCUT2D eigenvalue weighted by Gasteiger charge is -2.62. The SMILES string of the molecule is CC(=O)[C@@H]1[C@H](O)C[C@@]2(C)[C@H]3CC=C(C(C)(C)C(=O)O)[C@H](CC(=O)O)[C@]3(C)C(=O)C[C@]12C. The second kappa shape index (κ2) is 6.99. The van der Waals surface area contributed by atoms with Gasteiger partial charge in [0.2, 0.25) is 0 Å². The van der Waals surface area contributed by atoms with Crippen LogP contribution in [0, 0.1) is 39.4 Å². The Balaban J connectivity index is 2.23. The van der Waals surface area contributed by atoms with Crippen LogP contribution in [0.15, 0.2) is 11.6 Å². The highest BCUT2D eigenvalue weighted by molar-refractivity contribution is 5.91. The van der Waals surface area contributed by atoms with E-state index in [1.807, 2.05) is 19.9 Å². The average Bonchev–Trinajstić information content (AvgIpc) is 2.81. The fraction of sp³-hybridized carbons (Fsp3) is 0.750. The van der Waals surface area contributed by atoms with E-state index in [0.717, 1.165) is 0 Å². The molecule has 0 amide bonds. The first-order chi connectivity index (χ1) is 14.0. The van der Waals surface area contributed by atoms with Gasteiger partial charge in [-0.15, -0.1) is 0 Å². The van der Waals surface area contributed by atoms with Gasteiger partial charge in [0, 0.05) is 23.7 Å². The Hall–Kier alpha value is -2.02. The van der Waals surface area contributed by atoms with Crippen molar-refractivity contribution in [1.82, 2.24) is 0 Å². The molecule has 0 aliphatic heterocycles. The summed E-state index contributed by atoms with van der Waals surface area (Å²) in [6, 6.07) is 0. The van der Waals surface area contributed by atoms with Gasteiger partial charge in [-0.3, -0.25) is 19.2 Å². The molecule has 0 aromatic rings. The van der Waals surface area contributed by atoms with Crippen LogP contribution < -0.4 is 0 Å². The number of aliphatic carboxylic acids is 2. The lowest BCUT2D eigenvalue weighted by Crippen LogP contribution is -2.62. The predicted molar refractivity (Wildman–Crippen MR) is 112 cm³/mol. The molecule has 0 aromatic carbocycles. The molecule has 31 heavy (non-hydrogen) atoms. The maximum atomic E-state index is 13.8. The number of aliphatic hydroxyl groups is 1. The molecule has 0 unspecified atom stereocenters. The highest BCUT2D eigenvalue weighted by Gasteiger charge is 2.72. The van der Waals surface area contributed by atoms with E-state index >= 15 is 0 Å². The van der Waals surface area contributed by atoms with E-state index in [1.54, 1.807) is 20.8 Å². The molecule has 2 saturated carbocycles. The minimum atomic E-state index is -1.31. The van der Waals surface area contributed by atoms with Crippen molar-refractivity contribution in [3.63, 3.8) is 0 Å². The number of carbonyl (C=O) groups is 4. The lowest BCUT2D eigenvalue weighted by atomic mass is 9.40. The molecule has 0 aromatic heterocycles. The summed E-state index contributed by atoms with van der Waals surface area (Å²) < 4.78 is 0. The maximum Gasteiger partial charge on any atom is 0.313 e. The highest BCUT2D eigenvalue weighted by atomic mass is 16.4. The minimum Gasteiger partial charge on any atom is -0.481 e. The Bertz CT molecular complexity index is 886. The van der Waals surface area contributed by atoms with E-state index in [1.165, 1.54) is 6.92 Å². The predicted octanol–water partition coefficient (Wildman–Crippen LogP) is 3.10. The summed E-state index contributed by atoms with van der Waals surface area (Å²) in [5.41, 5.74) is -3.23. The molecule has 3 N–H and O–H groups in total. The molecule has 2 fully saturated rings. The van der Waals surface area contributed by atoms with E-state index in [0.29, 0.717) is 18.4 Å². The van der Waals surface area contributed by atoms with E-state index in [2.05, 4.69) is 0 Å². The van der Waals surface area contributed by atoms with Crippen LogP contribution in [0.1, 0.15) is 67.2 Å². The van der Waals surface area contributed by atoms with E-state index in [4.69, 9.17) is 0 Å². The molecule has 3 aliphatic rings. The molecular formula is C24H34O7. The zero-order valence-electron chi connectivity index (χ0n) is 19.2. The molecule has 3 aliphatic carbocycles. The van der Waals surface area contributed by atoms with Crippen molar-refractivity contribution >= 4 is 23.5 Å². The van der Waals surface area contributed by atoms with Gasteiger partial charge in [-0.05, 0) is 50.4 Å². The number of Topliss-reactive ketones (excluding diaryl/α,β-unsaturated/α-hetero) is 2. The zero-order valence-corrected chi connectivity index (χ0v) is 19.2. The van der Waals surface area contributed by atoms with Gasteiger partial charge < -0.3 is 15.3 Å². The normalized spacial score (nSPS) is 42.4. The second-order valence-electron chi connectivity index (χ2n) is 11.1. The van der Waals surface area contributed by atoms with E-state index in [-0.39, 0.29) is 30.3 Å². The number of hydrogen-bond acceptors (Lipinski definition) is 5. The number of carbonyl (C=O) groups excluding carboxylic acids is 2. The number of carboxylic acids is 2. The topological polar surface area (TPSA) is 129 Å². The Morgan fingerprint density at radius 2 is 1.71 bits per heavy atom. The fourth-order valence-electron chi connectivity index (χ4n) is 7.48. The number of ketones is 2. The van der Waals surface area contributed by atoms with Crippen molar-refractivity contribution in [2.45, 2.75) is 73.3 Å². The molecule has 0 spiro atoms. The second-order valence-corrected chi connectivity index (χ2v) is 11.1. The zero-order chi connectivity index (χ0) is 23.7. The van der Waals surface area contributed by atoms with Crippen molar-refractivity contribution in [2.75, 3.05) is 0 Å². The molecular weight excluding hydrogens is 400 g/mol. The van der Waals surface area contributed by atoms with Gasteiger partial charge >= 0.3 is 11.9 Å². The van der Waals surface area contributed by atoms with Crippen molar-refractivity contribution in [3.8, 4) is 0 Å². The minimum absolute atomic E-state index is 0.0642. The van der Waals surface area contributed by atoms with Gasteiger partial charge in [-0.1, -0.05) is 32.4 Å². The van der Waals surface area contributed by atoms with Crippen LogP contribution in [-0.4, -0.2) is 44.9 Å². The van der Waals surface area contributed by atoms with Crippen LogP contribution in [0.4, 0.5) is 0 Å². The average molecular weight is 435 g/mol. The molecule has 172 valence electrons. The molecule has 7 atom stereocenters. The summed E-state index contributed by atoms with van der Waals surface area (Å²) in [5.74, 6) is -4.15. The standard InChI is InChI=1S/C24H34O7/c1-12(25)19-15(26)10-22(4)16-8-7-13(21(2,3)20(30)31)14(9-18(28)29)24(16,6)17(27)11-23(19,22)5/h7,14-16,19,26H,8-11H2,1-6H3,(H,28,29)(H,30,31)/t14-,15+,16+,19+,22-,23+,24-/m0/s1. The molecule has 0 bridgehead atoms. The van der Waals surface area contributed by atoms with Crippen LogP contribution in [0.25, 0.3) is 0 Å². The van der Waals surface area contributed by atoms with Crippen molar-refractivity contribution in [2.24, 2.45) is 39.4 Å². The molecule has 0 heterocycles. The molecule has 0 saturated heterocycles. The van der Waals surface area contributed by atoms with Gasteiger partial charge in [-0.25, -0.2) is 0 Å². The van der Waals surface area contributed by atoms with Crippen LogP contribution in [0.3, 0.4) is 0 Å². The Morgan fingerprint density at radius 3 is 2.19 bits per heavy atom. The third kappa shape index (κ3) is 2.95. The van der Waals surface area contributed by atoms with E-state index < -0.39 is 51.5 Å². The third-order valence-electron chi connectivity index (χ3n) is 9.38. The van der Waals surface area contributed by atoms with Crippen LogP contribution in [0.5, 0.6) is 0 Å². The molecule has 7 nitrogen and oxygen atoms in total. The van der Waals surface area contributed by atoms with Crippen molar-refractivity contribution in [1.29, 1.82) is 0 Å². The fourth-order valence-corrected chi connectivity index (χ4v) is 7.48. The van der Waals surface area contributed by atoms with Gasteiger partial charge in [0.1, 0.15) is 11.6 Å². The first kappa shape index (κ1) is 23.6. The van der Waals surface area contributed by atoms with Crippen LogP contribution in [0.2, 0.25) is 0 Å². The van der Waals surface area contributed by atoms with Crippen molar-refractivity contribution < 1.29 is 34.5 Å². The Morgan fingerprint density at radius 1 is 1.13 bits per heavy atom. The number of fused-ring (bicyclic) bond motifs is 3. The number of hydrogen-bond donors (Lipinski definition) is 3. The van der Waals surface area contributed by atoms with Gasteiger partial charge in [0.25, 0.3) is 0 Å². The molecule has 7 heteroatoms. The summed E-state index contributed by atoms with van der Waals surface area (Å²) in [6.45, 7) is 10.2. The number of carboxylic acid groups (broad SMARTS) is 2. The van der Waals surface area contributed by atoms with Gasteiger partial charge in [-0.2, -0.15) is 0 Å². The van der Waals surface area contributed by atoms with Crippen LogP contribution in [-0.2, 0) is 19.2 Å². The highest BCUT2D eigenvalue weighted by Crippen LogP contribution is 2.72. The number of aliphatic hydroxyl groups excluding tert-OH is 1. The lowest BCUT2D eigenvalue weighted by molar-refractivity contribution is -0.171. The first-order valence-corrected chi connectivity index (χ1v) is 10.9. The third-order valence-corrected chi connectivity index (χ3v) is 9.38. The number of allylic oxidation sites excluding steroid dienone is 1. The van der Waals surface area contributed by atoms with Crippen LogP contribution >= 0.6 is 0 Å². The summed E-state index contributed by atoms with van der Waals surface area (Å²) in [5, 5.41) is 30.3. The Labute approximate surface area is 182 Å².